The van der Waals surface area contributed by atoms with E-state index in [0.717, 1.165) is 15.8 Å². The summed E-state index contributed by atoms with van der Waals surface area (Å²) in [7, 11) is 1.39. The highest BCUT2D eigenvalue weighted by atomic mass is 32.1. The highest BCUT2D eigenvalue weighted by Gasteiger charge is 2.32. The molecule has 1 fully saturated rings. The van der Waals surface area contributed by atoms with Gasteiger partial charge in [-0.1, -0.05) is 32.1 Å². The van der Waals surface area contributed by atoms with Crippen LogP contribution < -0.4 is 5.32 Å². The van der Waals surface area contributed by atoms with Crippen molar-refractivity contribution >= 4 is 27.5 Å². The molecule has 0 saturated carbocycles. The number of aromatic nitrogens is 3. The molecule has 8 heteroatoms. The average molecular weight is 309 g/mol. The van der Waals surface area contributed by atoms with Gasteiger partial charge in [-0.3, -0.25) is 0 Å². The van der Waals surface area contributed by atoms with Crippen LogP contribution in [0.5, 0.6) is 0 Å². The molecule has 0 aromatic carbocycles. The summed E-state index contributed by atoms with van der Waals surface area (Å²) in [6, 6.07) is 0.224. The number of imidazole rings is 1. The van der Waals surface area contributed by atoms with Gasteiger partial charge in [0, 0.05) is 18.5 Å². The number of nitrogens with one attached hydrogen (secondary N) is 1. The number of amides is 1. The summed E-state index contributed by atoms with van der Waals surface area (Å²) in [5, 5.41) is 8.63. The second-order valence-electron chi connectivity index (χ2n) is 6.23. The number of ether oxygens (including phenoxy) is 1. The Morgan fingerprint density at radius 3 is 2.76 bits per heavy atom. The lowest BCUT2D eigenvalue weighted by molar-refractivity contribution is 0.0930. The van der Waals surface area contributed by atoms with Crippen LogP contribution in [-0.4, -0.2) is 51.8 Å². The topological polar surface area (TPSA) is 71.8 Å². The summed E-state index contributed by atoms with van der Waals surface area (Å²) in [6.45, 7) is 7.68. The number of carbonyl (C=O) groups excluding carboxylic acids is 1. The van der Waals surface area contributed by atoms with Gasteiger partial charge in [0.2, 0.25) is 10.1 Å². The Morgan fingerprint density at radius 1 is 1.48 bits per heavy atom. The third-order valence-corrected chi connectivity index (χ3v) is 4.31. The number of likely N-dealkylation sites (tertiary alicyclic amines) is 1. The second-order valence-corrected chi connectivity index (χ2v) is 7.18. The van der Waals surface area contributed by atoms with Crippen LogP contribution in [0.1, 0.15) is 26.5 Å². The third-order valence-electron chi connectivity index (χ3n) is 3.45. The molecule has 1 aliphatic rings. The van der Waals surface area contributed by atoms with Crippen LogP contribution in [0.2, 0.25) is 0 Å². The fourth-order valence-electron chi connectivity index (χ4n) is 2.14. The SMILES string of the molecule is COC(=O)N1CC(Nc2nn3cc(C(C)(C)C)nc3s2)C1. The molecule has 114 valence electrons. The van der Waals surface area contributed by atoms with Gasteiger partial charge in [0.1, 0.15) is 0 Å². The fraction of sp³-hybridized carbons (Fsp3) is 0.615. The number of methoxy groups -OCH3 is 1. The Hall–Kier alpha value is -1.83. The molecule has 0 atom stereocenters. The Kier molecular flexibility index (Phi) is 3.27. The van der Waals surface area contributed by atoms with Crippen LogP contribution in [0.25, 0.3) is 4.96 Å². The van der Waals surface area contributed by atoms with Crippen molar-refractivity contribution in [2.24, 2.45) is 0 Å². The first kappa shape index (κ1) is 14.1. The molecular weight excluding hydrogens is 290 g/mol. The summed E-state index contributed by atoms with van der Waals surface area (Å²) >= 11 is 1.52. The lowest BCUT2D eigenvalue weighted by Crippen LogP contribution is -2.56. The molecule has 0 bridgehead atoms. The van der Waals surface area contributed by atoms with Crippen LogP contribution >= 0.6 is 11.3 Å². The molecule has 7 nitrogen and oxygen atoms in total. The molecule has 1 aliphatic heterocycles. The van der Waals surface area contributed by atoms with Gasteiger partial charge in [0.15, 0.2) is 0 Å². The van der Waals surface area contributed by atoms with Crippen molar-refractivity contribution in [2.75, 3.05) is 25.5 Å². The van der Waals surface area contributed by atoms with Crippen LogP contribution in [0.4, 0.5) is 9.93 Å². The molecule has 1 amide bonds. The highest BCUT2D eigenvalue weighted by molar-refractivity contribution is 7.20. The van der Waals surface area contributed by atoms with Gasteiger partial charge in [-0.25, -0.2) is 14.3 Å². The summed E-state index contributed by atoms with van der Waals surface area (Å²) in [6.07, 6.45) is 1.69. The van der Waals surface area contributed by atoms with E-state index in [1.54, 1.807) is 4.90 Å². The lowest BCUT2D eigenvalue weighted by Gasteiger charge is -2.37. The quantitative estimate of drug-likeness (QED) is 0.918. The molecule has 0 spiro atoms. The zero-order valence-electron chi connectivity index (χ0n) is 12.6. The summed E-state index contributed by atoms with van der Waals surface area (Å²) in [4.78, 5) is 18.4. The average Bonchev–Trinajstić information content (AvgIpc) is 2.89. The zero-order chi connectivity index (χ0) is 15.2. The monoisotopic (exact) mass is 309 g/mol. The summed E-state index contributed by atoms with van der Waals surface area (Å²) < 4.78 is 6.48. The highest BCUT2D eigenvalue weighted by Crippen LogP contribution is 2.26. The van der Waals surface area contributed by atoms with Gasteiger partial charge in [-0.05, 0) is 0 Å². The van der Waals surface area contributed by atoms with Crippen molar-refractivity contribution in [1.82, 2.24) is 19.5 Å². The molecule has 2 aromatic heterocycles. The van der Waals surface area contributed by atoms with E-state index in [2.05, 4.69) is 40.9 Å². The van der Waals surface area contributed by atoms with Gasteiger partial charge in [-0.15, -0.1) is 5.10 Å². The maximum absolute atomic E-state index is 11.3. The smallest absolute Gasteiger partial charge is 0.409 e. The van der Waals surface area contributed by atoms with Crippen molar-refractivity contribution < 1.29 is 9.53 Å². The first-order valence-electron chi connectivity index (χ1n) is 6.83. The molecule has 3 heterocycles. The largest absolute Gasteiger partial charge is 0.453 e. The standard InChI is InChI=1S/C13H19N5O2S/c1-13(2,3)9-7-18-11(15-9)21-10(16-18)14-8-5-17(6-8)12(19)20-4/h7-8H,5-6H2,1-4H3,(H,14,16). The number of anilines is 1. The van der Waals surface area contributed by atoms with E-state index >= 15 is 0 Å². The maximum Gasteiger partial charge on any atom is 0.409 e. The minimum absolute atomic E-state index is 0.0238. The van der Waals surface area contributed by atoms with Gasteiger partial charge in [0.25, 0.3) is 0 Å². The molecule has 2 aromatic rings. The molecular formula is C13H19N5O2S. The van der Waals surface area contributed by atoms with Gasteiger partial charge >= 0.3 is 6.09 Å². The molecule has 21 heavy (non-hydrogen) atoms. The van der Waals surface area contributed by atoms with Crippen molar-refractivity contribution in [3.63, 3.8) is 0 Å². The van der Waals surface area contributed by atoms with E-state index in [1.165, 1.54) is 18.4 Å². The molecule has 1 saturated heterocycles. The second kappa shape index (κ2) is 4.87. The molecule has 0 radical (unpaired) electrons. The molecule has 0 unspecified atom stereocenters. The fourth-order valence-corrected chi connectivity index (χ4v) is 3.00. The van der Waals surface area contributed by atoms with Crippen LogP contribution in [-0.2, 0) is 10.2 Å². The predicted molar refractivity (Wildman–Crippen MR) is 81.0 cm³/mol. The number of fused-ring (bicyclic) bond motifs is 1. The minimum atomic E-state index is -0.281. The number of nitrogens with zero attached hydrogens (tertiary/aromatic N) is 4. The number of hydrogen-bond acceptors (Lipinski definition) is 6. The number of hydrogen-bond donors (Lipinski definition) is 1. The van der Waals surface area contributed by atoms with E-state index < -0.39 is 0 Å². The predicted octanol–water partition coefficient (Wildman–Crippen LogP) is 1.95. The van der Waals surface area contributed by atoms with Crippen molar-refractivity contribution in [1.29, 1.82) is 0 Å². The van der Waals surface area contributed by atoms with E-state index in [0.29, 0.717) is 13.1 Å². The van der Waals surface area contributed by atoms with Gasteiger partial charge in [-0.2, -0.15) is 0 Å². The molecule has 3 rings (SSSR count). The Balaban J connectivity index is 1.64. The number of rotatable bonds is 2. The van der Waals surface area contributed by atoms with E-state index in [9.17, 15) is 4.79 Å². The Labute approximate surface area is 126 Å². The summed E-state index contributed by atoms with van der Waals surface area (Å²) in [5.41, 5.74) is 1.06. The molecule has 0 aliphatic carbocycles. The van der Waals surface area contributed by atoms with Crippen molar-refractivity contribution in [3.05, 3.63) is 11.9 Å². The Morgan fingerprint density at radius 2 is 2.19 bits per heavy atom. The lowest BCUT2D eigenvalue weighted by atomic mass is 9.93. The normalized spacial score (nSPS) is 16.1. The van der Waals surface area contributed by atoms with E-state index in [-0.39, 0.29) is 17.6 Å². The maximum atomic E-state index is 11.3. The first-order chi connectivity index (χ1) is 9.86. The Bertz CT molecular complexity index is 634. The van der Waals surface area contributed by atoms with Gasteiger partial charge in [0.05, 0.1) is 25.0 Å². The van der Waals surface area contributed by atoms with Crippen molar-refractivity contribution in [3.8, 4) is 0 Å². The number of carbonyl (C=O) groups is 1. The third kappa shape index (κ3) is 2.67. The zero-order valence-corrected chi connectivity index (χ0v) is 13.4. The van der Waals surface area contributed by atoms with Crippen LogP contribution in [0, 0.1) is 0 Å². The first-order valence-corrected chi connectivity index (χ1v) is 7.64. The van der Waals surface area contributed by atoms with Crippen molar-refractivity contribution in [2.45, 2.75) is 32.2 Å². The van der Waals surface area contributed by atoms with E-state index in [1.807, 2.05) is 10.7 Å². The van der Waals surface area contributed by atoms with E-state index in [4.69, 9.17) is 0 Å². The van der Waals surface area contributed by atoms with Crippen LogP contribution in [0.3, 0.4) is 0 Å². The summed E-state index contributed by atoms with van der Waals surface area (Å²) in [5.74, 6) is 0. The minimum Gasteiger partial charge on any atom is -0.453 e. The van der Waals surface area contributed by atoms with Gasteiger partial charge < -0.3 is 15.0 Å². The molecule has 1 N–H and O–H groups in total. The van der Waals surface area contributed by atoms with Crippen LogP contribution in [0.15, 0.2) is 6.20 Å².